The zero-order valence-electron chi connectivity index (χ0n) is 12.6. The van der Waals surface area contributed by atoms with Crippen molar-refractivity contribution in [3.05, 3.63) is 47.7 Å². The summed E-state index contributed by atoms with van der Waals surface area (Å²) in [7, 11) is -3.88. The van der Waals surface area contributed by atoms with Crippen LogP contribution in [0.4, 0.5) is 19.0 Å². The number of anilines is 1. The van der Waals surface area contributed by atoms with E-state index in [0.29, 0.717) is 5.82 Å². The van der Waals surface area contributed by atoms with Gasteiger partial charge in [0.1, 0.15) is 5.82 Å². The monoisotopic (exact) mass is 360 g/mol. The van der Waals surface area contributed by atoms with Gasteiger partial charge in [-0.05, 0) is 43.3 Å². The smallest absolute Gasteiger partial charge is 0.367 e. The lowest BCUT2D eigenvalue weighted by Crippen LogP contribution is -2.29. The molecule has 0 unspecified atom stereocenters. The number of benzene rings is 1. The Balaban J connectivity index is 1.90. The van der Waals surface area contributed by atoms with Gasteiger partial charge in [-0.25, -0.2) is 13.1 Å². The maximum absolute atomic E-state index is 12.5. The van der Waals surface area contributed by atoms with Gasteiger partial charge in [0.05, 0.1) is 16.2 Å². The van der Waals surface area contributed by atoms with Crippen LogP contribution in [0.2, 0.25) is 0 Å². The van der Waals surface area contributed by atoms with Gasteiger partial charge in [-0.1, -0.05) is 0 Å². The summed E-state index contributed by atoms with van der Waals surface area (Å²) in [5.41, 5.74) is -0.149. The second-order valence-electron chi connectivity index (χ2n) is 4.91. The van der Waals surface area contributed by atoms with E-state index in [9.17, 15) is 21.6 Å². The third kappa shape index (κ3) is 4.90. The molecular weight excluding hydrogens is 345 g/mol. The number of alkyl halides is 3. The van der Waals surface area contributed by atoms with Crippen LogP contribution in [0.25, 0.3) is 0 Å². The summed E-state index contributed by atoms with van der Waals surface area (Å²) in [5, 5.41) is 10.6. The topological polar surface area (TPSA) is 84.0 Å². The van der Waals surface area contributed by atoms with E-state index in [0.717, 1.165) is 30.0 Å². The Hall–Kier alpha value is -2.20. The molecule has 0 spiro atoms. The lowest BCUT2D eigenvalue weighted by Gasteiger charge is -2.10. The van der Waals surface area contributed by atoms with Gasteiger partial charge in [0.2, 0.25) is 10.0 Å². The Morgan fingerprint density at radius 3 is 2.21 bits per heavy atom. The maximum atomic E-state index is 12.5. The van der Waals surface area contributed by atoms with E-state index in [-0.39, 0.29) is 18.0 Å². The summed E-state index contributed by atoms with van der Waals surface area (Å²) in [6.07, 6.45) is -4.51. The van der Waals surface area contributed by atoms with Gasteiger partial charge >= 0.3 is 6.18 Å². The number of hydrogen-bond acceptors (Lipinski definition) is 5. The van der Waals surface area contributed by atoms with Crippen LogP contribution in [0.5, 0.6) is 0 Å². The van der Waals surface area contributed by atoms with Crippen LogP contribution in [-0.2, 0) is 16.2 Å². The molecule has 2 N–H and O–H groups in total. The highest BCUT2D eigenvalue weighted by atomic mass is 32.2. The first kappa shape index (κ1) is 18.1. The van der Waals surface area contributed by atoms with Crippen LogP contribution < -0.4 is 10.0 Å². The average molecular weight is 360 g/mol. The lowest BCUT2D eigenvalue weighted by molar-refractivity contribution is -0.137. The van der Waals surface area contributed by atoms with Crippen molar-refractivity contribution in [3.8, 4) is 0 Å². The molecule has 1 aromatic carbocycles. The summed E-state index contributed by atoms with van der Waals surface area (Å²) >= 11 is 0. The number of nitrogens with zero attached hydrogens (tertiary/aromatic N) is 2. The van der Waals surface area contributed by atoms with Crippen LogP contribution in [0.1, 0.15) is 11.3 Å². The Morgan fingerprint density at radius 1 is 1.00 bits per heavy atom. The van der Waals surface area contributed by atoms with Crippen LogP contribution in [0.3, 0.4) is 0 Å². The fourth-order valence-corrected chi connectivity index (χ4v) is 2.81. The molecule has 0 bridgehead atoms. The minimum absolute atomic E-state index is 0.0406. The van der Waals surface area contributed by atoms with Crippen molar-refractivity contribution in [2.75, 3.05) is 18.4 Å². The van der Waals surface area contributed by atoms with E-state index >= 15 is 0 Å². The van der Waals surface area contributed by atoms with Crippen molar-refractivity contribution in [2.45, 2.75) is 18.0 Å². The largest absolute Gasteiger partial charge is 0.416 e. The first-order valence-corrected chi connectivity index (χ1v) is 8.38. The van der Waals surface area contributed by atoms with Gasteiger partial charge in [0.15, 0.2) is 0 Å². The molecule has 10 heteroatoms. The molecule has 2 rings (SSSR count). The standard InChI is InChI=1S/C14H15F3N4O2S/c1-10-2-7-13(21-20-10)18-8-9-19-24(22,23)12-5-3-11(4-6-12)14(15,16)17/h2-7,19H,8-9H2,1H3,(H,18,21). The zero-order valence-corrected chi connectivity index (χ0v) is 13.4. The van der Waals surface area contributed by atoms with Gasteiger partial charge in [-0.15, -0.1) is 5.10 Å². The molecule has 0 saturated carbocycles. The molecule has 2 aromatic rings. The molecule has 6 nitrogen and oxygen atoms in total. The van der Waals surface area contributed by atoms with E-state index < -0.39 is 21.8 Å². The maximum Gasteiger partial charge on any atom is 0.416 e. The van der Waals surface area contributed by atoms with E-state index in [1.165, 1.54) is 0 Å². The van der Waals surface area contributed by atoms with Crippen molar-refractivity contribution >= 4 is 15.8 Å². The number of sulfonamides is 1. The second kappa shape index (κ2) is 7.14. The molecular formula is C14H15F3N4O2S. The van der Waals surface area contributed by atoms with E-state index in [1.807, 2.05) is 0 Å². The average Bonchev–Trinajstić information content (AvgIpc) is 2.52. The number of aromatic nitrogens is 2. The number of rotatable bonds is 6. The molecule has 0 saturated heterocycles. The van der Waals surface area contributed by atoms with Gasteiger partial charge in [-0.2, -0.15) is 18.3 Å². The molecule has 0 aliphatic carbocycles. The third-order valence-electron chi connectivity index (χ3n) is 3.01. The van der Waals surface area contributed by atoms with Gasteiger partial charge in [-0.3, -0.25) is 0 Å². The quantitative estimate of drug-likeness (QED) is 0.772. The predicted molar refractivity (Wildman–Crippen MR) is 81.9 cm³/mol. The Kier molecular flexibility index (Phi) is 5.40. The first-order valence-electron chi connectivity index (χ1n) is 6.89. The fourth-order valence-electron chi connectivity index (χ4n) is 1.78. The predicted octanol–water partition coefficient (Wildman–Crippen LogP) is 2.19. The normalized spacial score (nSPS) is 12.2. The van der Waals surface area contributed by atoms with Gasteiger partial charge < -0.3 is 5.32 Å². The molecule has 1 aromatic heterocycles. The highest BCUT2D eigenvalue weighted by Crippen LogP contribution is 2.29. The highest BCUT2D eigenvalue weighted by molar-refractivity contribution is 7.89. The molecule has 130 valence electrons. The summed E-state index contributed by atoms with van der Waals surface area (Å²) in [4.78, 5) is -0.231. The van der Waals surface area contributed by atoms with E-state index in [4.69, 9.17) is 0 Å². The van der Waals surface area contributed by atoms with Gasteiger partial charge in [0.25, 0.3) is 0 Å². The van der Waals surface area contributed by atoms with Crippen LogP contribution in [-0.4, -0.2) is 31.7 Å². The Morgan fingerprint density at radius 2 is 1.67 bits per heavy atom. The Bertz CT molecular complexity index is 775. The number of aryl methyl sites for hydroxylation is 1. The van der Waals surface area contributed by atoms with Crippen molar-refractivity contribution in [2.24, 2.45) is 0 Å². The van der Waals surface area contributed by atoms with E-state index in [1.54, 1.807) is 19.1 Å². The summed E-state index contributed by atoms with van der Waals surface area (Å²) < 4.78 is 63.7. The Labute approximate surface area is 137 Å². The second-order valence-corrected chi connectivity index (χ2v) is 6.67. The highest BCUT2D eigenvalue weighted by Gasteiger charge is 2.30. The van der Waals surface area contributed by atoms with Crippen molar-refractivity contribution in [1.29, 1.82) is 0 Å². The molecule has 0 amide bonds. The minimum Gasteiger partial charge on any atom is -0.367 e. The van der Waals surface area contributed by atoms with Crippen LogP contribution in [0, 0.1) is 6.92 Å². The summed E-state index contributed by atoms with van der Waals surface area (Å²) in [5.74, 6) is 0.495. The molecule has 0 radical (unpaired) electrons. The lowest BCUT2D eigenvalue weighted by atomic mass is 10.2. The minimum atomic E-state index is -4.51. The first-order chi connectivity index (χ1) is 11.2. The van der Waals surface area contributed by atoms with Crippen molar-refractivity contribution in [3.63, 3.8) is 0 Å². The molecule has 24 heavy (non-hydrogen) atoms. The van der Waals surface area contributed by atoms with Crippen LogP contribution in [0.15, 0.2) is 41.3 Å². The number of hydrogen-bond donors (Lipinski definition) is 2. The van der Waals surface area contributed by atoms with Crippen LogP contribution >= 0.6 is 0 Å². The van der Waals surface area contributed by atoms with Gasteiger partial charge in [0, 0.05) is 13.1 Å². The molecule has 0 fully saturated rings. The number of nitrogens with one attached hydrogen (secondary N) is 2. The fraction of sp³-hybridized carbons (Fsp3) is 0.286. The van der Waals surface area contributed by atoms with Crippen molar-refractivity contribution < 1.29 is 21.6 Å². The molecule has 0 aliphatic heterocycles. The SMILES string of the molecule is Cc1ccc(NCCNS(=O)(=O)c2ccc(C(F)(F)F)cc2)nn1. The third-order valence-corrected chi connectivity index (χ3v) is 4.49. The molecule has 1 heterocycles. The summed E-state index contributed by atoms with van der Waals surface area (Å²) in [6, 6.07) is 6.76. The van der Waals surface area contributed by atoms with Crippen molar-refractivity contribution in [1.82, 2.24) is 14.9 Å². The zero-order chi connectivity index (χ0) is 17.8. The number of halogens is 3. The summed E-state index contributed by atoms with van der Waals surface area (Å²) in [6.45, 7) is 2.07. The van der Waals surface area contributed by atoms with E-state index in [2.05, 4.69) is 20.2 Å². The molecule has 0 atom stereocenters. The molecule has 0 aliphatic rings.